The Morgan fingerprint density at radius 3 is 2.83 bits per heavy atom. The van der Waals surface area contributed by atoms with Crippen LogP contribution in [0.5, 0.6) is 0 Å². The molecule has 0 unspecified atom stereocenters. The van der Waals surface area contributed by atoms with Gasteiger partial charge in [-0.1, -0.05) is 25.1 Å². The van der Waals surface area contributed by atoms with Gasteiger partial charge >= 0.3 is 0 Å². The van der Waals surface area contributed by atoms with Gasteiger partial charge in [-0.3, -0.25) is 0 Å². The average Bonchev–Trinajstić information content (AvgIpc) is 2.56. The summed E-state index contributed by atoms with van der Waals surface area (Å²) in [6.45, 7) is 7.51. The summed E-state index contributed by atoms with van der Waals surface area (Å²) in [5.41, 5.74) is 1.47. The van der Waals surface area contributed by atoms with Gasteiger partial charge in [0.1, 0.15) is 0 Å². The lowest BCUT2D eigenvalue weighted by Gasteiger charge is -2.51. The highest BCUT2D eigenvalue weighted by Gasteiger charge is 2.44. The van der Waals surface area contributed by atoms with Crippen LogP contribution in [0.15, 0.2) is 30.3 Å². The third-order valence-corrected chi connectivity index (χ3v) is 5.91. The van der Waals surface area contributed by atoms with Gasteiger partial charge in [0.15, 0.2) is 5.11 Å². The molecule has 2 heterocycles. The summed E-state index contributed by atoms with van der Waals surface area (Å²) in [7, 11) is 0. The quantitative estimate of drug-likeness (QED) is 0.809. The van der Waals surface area contributed by atoms with Crippen LogP contribution in [-0.2, 0) is 4.74 Å². The Morgan fingerprint density at radius 1 is 1.30 bits per heavy atom. The standard InChI is InChI=1S/C19H28N2OS/c1-3-18(2)14-19(11-13-22-18)10-7-12-21(15-19)17(23)20-16-8-5-4-6-9-16/h4-6,8-9H,3,7,10-15H2,1-2H3,(H,20,23)/t18-,19-/m0/s1. The number of piperidine rings is 1. The highest BCUT2D eigenvalue weighted by atomic mass is 32.1. The molecule has 1 aromatic carbocycles. The van der Waals surface area contributed by atoms with Gasteiger partial charge in [0, 0.05) is 25.4 Å². The van der Waals surface area contributed by atoms with Crippen molar-refractivity contribution in [2.75, 3.05) is 25.0 Å². The second-order valence-electron chi connectivity index (χ2n) is 7.40. The van der Waals surface area contributed by atoms with Crippen LogP contribution < -0.4 is 5.32 Å². The zero-order chi connectivity index (χ0) is 16.3. The summed E-state index contributed by atoms with van der Waals surface area (Å²) in [6.07, 6.45) is 5.92. The van der Waals surface area contributed by atoms with Gasteiger partial charge in [-0.2, -0.15) is 0 Å². The Bertz CT molecular complexity index is 546. The molecule has 2 atom stereocenters. The minimum absolute atomic E-state index is 0.0374. The summed E-state index contributed by atoms with van der Waals surface area (Å²) in [4.78, 5) is 2.37. The molecule has 1 N–H and O–H groups in total. The molecule has 0 aromatic heterocycles. The fourth-order valence-electron chi connectivity index (χ4n) is 4.13. The van der Waals surface area contributed by atoms with Crippen LogP contribution in [0.2, 0.25) is 0 Å². The lowest BCUT2D eigenvalue weighted by atomic mass is 9.68. The number of thiocarbonyl (C=S) groups is 1. The number of benzene rings is 1. The number of rotatable bonds is 2. The first-order valence-electron chi connectivity index (χ1n) is 8.79. The molecule has 2 aliphatic heterocycles. The normalized spacial score (nSPS) is 31.1. The van der Waals surface area contributed by atoms with Crippen molar-refractivity contribution in [2.45, 2.75) is 51.6 Å². The maximum atomic E-state index is 6.07. The molecule has 3 rings (SSSR count). The maximum absolute atomic E-state index is 6.07. The van der Waals surface area contributed by atoms with Crippen molar-refractivity contribution in [2.24, 2.45) is 5.41 Å². The summed E-state index contributed by atoms with van der Waals surface area (Å²) >= 11 is 5.68. The highest BCUT2D eigenvalue weighted by molar-refractivity contribution is 7.80. The fourth-order valence-corrected chi connectivity index (χ4v) is 4.40. The van der Waals surface area contributed by atoms with E-state index in [-0.39, 0.29) is 5.60 Å². The fraction of sp³-hybridized carbons (Fsp3) is 0.632. The van der Waals surface area contributed by atoms with E-state index in [0.29, 0.717) is 5.41 Å². The van der Waals surface area contributed by atoms with E-state index in [9.17, 15) is 0 Å². The summed E-state index contributed by atoms with van der Waals surface area (Å²) in [5, 5.41) is 4.26. The van der Waals surface area contributed by atoms with Crippen molar-refractivity contribution in [3.05, 3.63) is 30.3 Å². The van der Waals surface area contributed by atoms with Gasteiger partial charge in [0.25, 0.3) is 0 Å². The first-order valence-corrected chi connectivity index (χ1v) is 9.20. The van der Waals surface area contributed by atoms with Crippen molar-refractivity contribution in [3.63, 3.8) is 0 Å². The number of nitrogens with one attached hydrogen (secondary N) is 1. The van der Waals surface area contributed by atoms with Crippen molar-refractivity contribution in [1.29, 1.82) is 0 Å². The third-order valence-electron chi connectivity index (χ3n) is 5.55. The van der Waals surface area contributed by atoms with E-state index < -0.39 is 0 Å². The highest BCUT2D eigenvalue weighted by Crippen LogP contribution is 2.46. The van der Waals surface area contributed by atoms with E-state index >= 15 is 0 Å². The van der Waals surface area contributed by atoms with Crippen LogP contribution in [0.4, 0.5) is 5.69 Å². The smallest absolute Gasteiger partial charge is 0.173 e. The molecule has 0 aliphatic carbocycles. The Hall–Kier alpha value is -1.13. The van der Waals surface area contributed by atoms with Crippen LogP contribution in [0.3, 0.4) is 0 Å². The Labute approximate surface area is 145 Å². The molecule has 1 spiro atoms. The molecule has 0 amide bonds. The van der Waals surface area contributed by atoms with E-state index in [1.165, 1.54) is 12.8 Å². The molecular formula is C19H28N2OS. The predicted octanol–water partition coefficient (Wildman–Crippen LogP) is 4.44. The van der Waals surface area contributed by atoms with Crippen LogP contribution in [0.25, 0.3) is 0 Å². The second-order valence-corrected chi connectivity index (χ2v) is 7.79. The van der Waals surface area contributed by atoms with Gasteiger partial charge in [0.2, 0.25) is 0 Å². The van der Waals surface area contributed by atoms with E-state index in [0.717, 1.165) is 49.8 Å². The SMILES string of the molecule is CC[C@@]1(C)C[C@]2(CCCN(C(=S)Nc3ccccc3)C2)CCO1. The van der Waals surface area contributed by atoms with Crippen LogP contribution in [-0.4, -0.2) is 35.3 Å². The minimum atomic E-state index is 0.0374. The number of anilines is 1. The molecule has 2 saturated heterocycles. The zero-order valence-corrected chi connectivity index (χ0v) is 15.1. The first-order chi connectivity index (χ1) is 11.0. The largest absolute Gasteiger partial charge is 0.375 e. The Balaban J connectivity index is 1.67. The van der Waals surface area contributed by atoms with E-state index in [4.69, 9.17) is 17.0 Å². The number of hydrogen-bond acceptors (Lipinski definition) is 2. The molecule has 23 heavy (non-hydrogen) atoms. The molecule has 2 aliphatic rings. The van der Waals surface area contributed by atoms with Crippen molar-refractivity contribution in [3.8, 4) is 0 Å². The van der Waals surface area contributed by atoms with E-state index in [1.54, 1.807) is 0 Å². The summed E-state index contributed by atoms with van der Waals surface area (Å²) in [5.74, 6) is 0. The number of ether oxygens (including phenoxy) is 1. The van der Waals surface area contributed by atoms with Crippen LogP contribution >= 0.6 is 12.2 Å². The summed E-state index contributed by atoms with van der Waals surface area (Å²) in [6, 6.07) is 10.2. The molecule has 0 bridgehead atoms. The topological polar surface area (TPSA) is 24.5 Å². The third kappa shape index (κ3) is 3.86. The maximum Gasteiger partial charge on any atom is 0.173 e. The van der Waals surface area contributed by atoms with Crippen molar-refractivity contribution < 1.29 is 4.74 Å². The molecule has 126 valence electrons. The monoisotopic (exact) mass is 332 g/mol. The Kier molecular flexibility index (Phi) is 4.93. The molecule has 0 radical (unpaired) electrons. The number of likely N-dealkylation sites (tertiary alicyclic amines) is 1. The summed E-state index contributed by atoms with van der Waals surface area (Å²) < 4.78 is 6.07. The zero-order valence-electron chi connectivity index (χ0n) is 14.3. The van der Waals surface area contributed by atoms with Crippen molar-refractivity contribution in [1.82, 2.24) is 4.90 Å². The van der Waals surface area contributed by atoms with Crippen LogP contribution in [0, 0.1) is 5.41 Å². The average molecular weight is 333 g/mol. The second kappa shape index (κ2) is 6.78. The molecule has 1 aromatic rings. The molecule has 0 saturated carbocycles. The number of hydrogen-bond donors (Lipinski definition) is 1. The van der Waals surface area contributed by atoms with E-state index in [1.807, 2.05) is 18.2 Å². The van der Waals surface area contributed by atoms with Gasteiger partial charge < -0.3 is 15.0 Å². The lowest BCUT2D eigenvalue weighted by molar-refractivity contribution is -0.129. The van der Waals surface area contributed by atoms with Gasteiger partial charge in [0.05, 0.1) is 5.60 Å². The van der Waals surface area contributed by atoms with Gasteiger partial charge in [-0.25, -0.2) is 0 Å². The molecule has 4 heteroatoms. The van der Waals surface area contributed by atoms with Gasteiger partial charge in [-0.15, -0.1) is 0 Å². The predicted molar refractivity (Wildman–Crippen MR) is 99.8 cm³/mol. The van der Waals surface area contributed by atoms with Crippen LogP contribution in [0.1, 0.15) is 46.0 Å². The number of para-hydroxylation sites is 1. The Morgan fingerprint density at radius 2 is 2.09 bits per heavy atom. The minimum Gasteiger partial charge on any atom is -0.375 e. The number of nitrogens with zero attached hydrogens (tertiary/aromatic N) is 1. The van der Waals surface area contributed by atoms with Gasteiger partial charge in [-0.05, 0) is 68.8 Å². The molecule has 3 nitrogen and oxygen atoms in total. The lowest BCUT2D eigenvalue weighted by Crippen LogP contribution is -2.53. The van der Waals surface area contributed by atoms with Crippen molar-refractivity contribution >= 4 is 23.0 Å². The van der Waals surface area contributed by atoms with E-state index in [2.05, 4.69) is 36.2 Å². The molecular weight excluding hydrogens is 304 g/mol. The first kappa shape index (κ1) is 16.7. The molecule has 2 fully saturated rings.